The Morgan fingerprint density at radius 2 is 2.08 bits per heavy atom. The minimum absolute atomic E-state index is 0.618. The minimum atomic E-state index is 0.618. The molecule has 1 rings (SSSR count). The van der Waals surface area contributed by atoms with Gasteiger partial charge in [0.25, 0.3) is 0 Å². The van der Waals surface area contributed by atoms with Crippen LogP contribution in [0.4, 0.5) is 0 Å². The third-order valence-corrected chi connectivity index (χ3v) is 2.06. The first-order valence-corrected chi connectivity index (χ1v) is 4.55. The van der Waals surface area contributed by atoms with Crippen LogP contribution in [0, 0.1) is 25.7 Å². The lowest BCUT2D eigenvalue weighted by atomic mass is 10.0. The highest BCUT2D eigenvalue weighted by Crippen LogP contribution is 2.10. The zero-order valence-corrected chi connectivity index (χ0v) is 8.28. The van der Waals surface area contributed by atoms with Crippen LogP contribution in [-0.2, 0) is 0 Å². The summed E-state index contributed by atoms with van der Waals surface area (Å²) in [6, 6.07) is 6.17. The van der Waals surface area contributed by atoms with Gasteiger partial charge in [0.05, 0.1) is 5.75 Å². The second-order valence-electron chi connectivity index (χ2n) is 2.71. The van der Waals surface area contributed by atoms with Crippen LogP contribution in [0.25, 0.3) is 0 Å². The third kappa shape index (κ3) is 2.06. The van der Waals surface area contributed by atoms with Crippen molar-refractivity contribution in [3.05, 3.63) is 34.9 Å². The van der Waals surface area contributed by atoms with Crippen molar-refractivity contribution in [3.8, 4) is 11.8 Å². The quantitative estimate of drug-likeness (QED) is 0.456. The Morgan fingerprint density at radius 3 is 2.75 bits per heavy atom. The van der Waals surface area contributed by atoms with Crippen molar-refractivity contribution in [1.82, 2.24) is 0 Å². The molecule has 0 spiro atoms. The summed E-state index contributed by atoms with van der Waals surface area (Å²) in [6.07, 6.45) is 0. The maximum Gasteiger partial charge on any atom is 0.0521 e. The number of rotatable bonds is 0. The minimum Gasteiger partial charge on any atom is -0.166 e. The van der Waals surface area contributed by atoms with E-state index in [1.807, 2.05) is 12.1 Å². The van der Waals surface area contributed by atoms with Crippen molar-refractivity contribution >= 4 is 12.6 Å². The van der Waals surface area contributed by atoms with Gasteiger partial charge in [-0.05, 0) is 31.0 Å². The fourth-order valence-electron chi connectivity index (χ4n) is 1.02. The van der Waals surface area contributed by atoms with Crippen molar-refractivity contribution in [3.63, 3.8) is 0 Å². The van der Waals surface area contributed by atoms with Gasteiger partial charge < -0.3 is 0 Å². The molecule has 62 valence electrons. The van der Waals surface area contributed by atoms with Crippen LogP contribution in [0.15, 0.2) is 18.2 Å². The van der Waals surface area contributed by atoms with Gasteiger partial charge in [-0.1, -0.05) is 24.0 Å². The number of hydrogen-bond donors (Lipinski definition) is 1. The lowest BCUT2D eigenvalue weighted by Crippen LogP contribution is -1.85. The van der Waals surface area contributed by atoms with Crippen molar-refractivity contribution < 1.29 is 0 Å². The van der Waals surface area contributed by atoms with E-state index in [2.05, 4.69) is 44.4 Å². The van der Waals surface area contributed by atoms with Crippen molar-refractivity contribution in [2.45, 2.75) is 13.8 Å². The standard InChI is InChI=1S/C11H12S/c1-9-5-3-6-11(10(9)2)7-4-8-12/h3,5-6,12H,8H2,1-2H3. The summed E-state index contributed by atoms with van der Waals surface area (Å²) in [7, 11) is 0. The second-order valence-corrected chi connectivity index (χ2v) is 3.02. The average molecular weight is 176 g/mol. The highest BCUT2D eigenvalue weighted by Gasteiger charge is 1.95. The summed E-state index contributed by atoms with van der Waals surface area (Å²) < 4.78 is 0. The van der Waals surface area contributed by atoms with E-state index in [1.54, 1.807) is 0 Å². The topological polar surface area (TPSA) is 0 Å². The number of thiol groups is 1. The molecule has 0 aliphatic heterocycles. The first-order valence-electron chi connectivity index (χ1n) is 3.91. The lowest BCUT2D eigenvalue weighted by molar-refractivity contribution is 1.32. The van der Waals surface area contributed by atoms with E-state index in [9.17, 15) is 0 Å². The Labute approximate surface area is 79.4 Å². The van der Waals surface area contributed by atoms with E-state index >= 15 is 0 Å². The van der Waals surface area contributed by atoms with Gasteiger partial charge in [0, 0.05) is 5.56 Å². The van der Waals surface area contributed by atoms with Crippen LogP contribution in [0.3, 0.4) is 0 Å². The normalized spacial score (nSPS) is 8.92. The Hall–Kier alpha value is -0.870. The summed E-state index contributed by atoms with van der Waals surface area (Å²) in [6.45, 7) is 4.19. The maximum absolute atomic E-state index is 4.04. The molecule has 0 radical (unpaired) electrons. The maximum atomic E-state index is 4.04. The van der Waals surface area contributed by atoms with Crippen molar-refractivity contribution in [2.75, 3.05) is 5.75 Å². The molecule has 1 heteroatoms. The van der Waals surface area contributed by atoms with E-state index in [1.165, 1.54) is 11.1 Å². The molecule has 0 unspecified atom stereocenters. The van der Waals surface area contributed by atoms with Gasteiger partial charge in [-0.25, -0.2) is 0 Å². The van der Waals surface area contributed by atoms with E-state index in [0.29, 0.717) is 5.75 Å². The molecule has 0 nitrogen and oxygen atoms in total. The summed E-state index contributed by atoms with van der Waals surface area (Å²) in [5.74, 6) is 6.64. The molecular formula is C11H12S. The van der Waals surface area contributed by atoms with Crippen LogP contribution >= 0.6 is 12.6 Å². The monoisotopic (exact) mass is 176 g/mol. The lowest BCUT2D eigenvalue weighted by Gasteiger charge is -2.00. The molecule has 0 saturated carbocycles. The van der Waals surface area contributed by atoms with E-state index in [4.69, 9.17) is 0 Å². The summed E-state index contributed by atoms with van der Waals surface area (Å²) in [5, 5.41) is 0. The number of benzene rings is 1. The van der Waals surface area contributed by atoms with Crippen molar-refractivity contribution in [2.24, 2.45) is 0 Å². The zero-order chi connectivity index (χ0) is 8.97. The van der Waals surface area contributed by atoms with Gasteiger partial charge in [-0.3, -0.25) is 0 Å². The Balaban J connectivity index is 3.08. The number of hydrogen-bond acceptors (Lipinski definition) is 1. The fourth-order valence-corrected chi connectivity index (χ4v) is 1.10. The number of aryl methyl sites for hydroxylation is 1. The highest BCUT2D eigenvalue weighted by atomic mass is 32.1. The van der Waals surface area contributed by atoms with Gasteiger partial charge in [0.15, 0.2) is 0 Å². The molecule has 1 aromatic rings. The SMILES string of the molecule is Cc1cccc(C#CCS)c1C. The van der Waals surface area contributed by atoms with Crippen LogP contribution in [0.1, 0.15) is 16.7 Å². The largest absolute Gasteiger partial charge is 0.166 e. The Morgan fingerprint density at radius 1 is 1.33 bits per heavy atom. The molecule has 0 fully saturated rings. The molecule has 0 atom stereocenters. The highest BCUT2D eigenvalue weighted by molar-refractivity contribution is 7.80. The summed E-state index contributed by atoms with van der Waals surface area (Å²) in [5.41, 5.74) is 3.68. The van der Waals surface area contributed by atoms with Gasteiger partial charge in [0.1, 0.15) is 0 Å². The van der Waals surface area contributed by atoms with Crippen LogP contribution in [-0.4, -0.2) is 5.75 Å². The third-order valence-electron chi connectivity index (χ3n) is 1.91. The van der Waals surface area contributed by atoms with Gasteiger partial charge >= 0.3 is 0 Å². The molecule has 12 heavy (non-hydrogen) atoms. The predicted molar refractivity (Wildman–Crippen MR) is 56.6 cm³/mol. The fraction of sp³-hybridized carbons (Fsp3) is 0.273. The molecule has 0 saturated heterocycles. The van der Waals surface area contributed by atoms with Crippen LogP contribution in [0.2, 0.25) is 0 Å². The summed E-state index contributed by atoms with van der Waals surface area (Å²) in [4.78, 5) is 0. The molecule has 0 N–H and O–H groups in total. The first kappa shape index (κ1) is 9.22. The average Bonchev–Trinajstić information content (AvgIpc) is 2.08. The Bertz CT molecular complexity index is 329. The molecule has 0 aromatic heterocycles. The van der Waals surface area contributed by atoms with Crippen molar-refractivity contribution in [1.29, 1.82) is 0 Å². The zero-order valence-electron chi connectivity index (χ0n) is 7.39. The van der Waals surface area contributed by atoms with E-state index in [-0.39, 0.29) is 0 Å². The molecule has 0 aliphatic carbocycles. The molecule has 0 aliphatic rings. The molecule has 0 bridgehead atoms. The first-order chi connectivity index (χ1) is 5.75. The smallest absolute Gasteiger partial charge is 0.0521 e. The van der Waals surface area contributed by atoms with Gasteiger partial charge in [-0.2, -0.15) is 12.6 Å². The van der Waals surface area contributed by atoms with E-state index in [0.717, 1.165) is 5.56 Å². The molecular weight excluding hydrogens is 164 g/mol. The predicted octanol–water partition coefficient (Wildman–Crippen LogP) is 2.58. The van der Waals surface area contributed by atoms with E-state index < -0.39 is 0 Å². The second kappa shape index (κ2) is 4.23. The van der Waals surface area contributed by atoms with Crippen LogP contribution in [0.5, 0.6) is 0 Å². The van der Waals surface area contributed by atoms with Crippen LogP contribution < -0.4 is 0 Å². The van der Waals surface area contributed by atoms with Gasteiger partial charge in [-0.15, -0.1) is 0 Å². The summed E-state index contributed by atoms with van der Waals surface area (Å²) >= 11 is 4.04. The van der Waals surface area contributed by atoms with Gasteiger partial charge in [0.2, 0.25) is 0 Å². The molecule has 0 heterocycles. The molecule has 0 amide bonds. The molecule has 1 aromatic carbocycles. The Kier molecular flexibility index (Phi) is 3.25.